The van der Waals surface area contributed by atoms with Crippen molar-refractivity contribution < 1.29 is 14.3 Å². The fourth-order valence-corrected chi connectivity index (χ4v) is 1.79. The first-order valence-electron chi connectivity index (χ1n) is 5.84. The standard InChI is InChI=1S/C15H10N2O3S/c16-8-11(14(17)21)7-12-4-5-13(20-12)9-2-1-3-10(6-9)15(18)19/h1-7H,(H2,17,21)(H,18,19)/p-1/b11-7+. The highest BCUT2D eigenvalue weighted by Crippen LogP contribution is 2.24. The summed E-state index contributed by atoms with van der Waals surface area (Å²) in [6, 6.07) is 11.3. The summed E-state index contributed by atoms with van der Waals surface area (Å²) in [6.07, 6.45) is 1.43. The Balaban J connectivity index is 2.37. The molecule has 1 heterocycles. The maximum atomic E-state index is 10.8. The molecule has 1 aromatic heterocycles. The Labute approximate surface area is 125 Å². The van der Waals surface area contributed by atoms with Crippen LogP contribution in [0.2, 0.25) is 0 Å². The van der Waals surface area contributed by atoms with Gasteiger partial charge in [-0.3, -0.25) is 0 Å². The smallest absolute Gasteiger partial charge is 0.134 e. The minimum absolute atomic E-state index is 0.0191. The minimum Gasteiger partial charge on any atom is -0.545 e. The van der Waals surface area contributed by atoms with E-state index in [0.29, 0.717) is 17.1 Å². The molecule has 1 aromatic carbocycles. The number of rotatable bonds is 4. The molecular weight excluding hydrogens is 288 g/mol. The van der Waals surface area contributed by atoms with Gasteiger partial charge in [0.1, 0.15) is 22.6 Å². The molecule has 2 rings (SSSR count). The molecule has 0 amide bonds. The molecule has 0 aliphatic heterocycles. The lowest BCUT2D eigenvalue weighted by atomic mass is 10.1. The Hall–Kier alpha value is -2.91. The Bertz CT molecular complexity index is 784. The van der Waals surface area contributed by atoms with Gasteiger partial charge >= 0.3 is 0 Å². The zero-order valence-electron chi connectivity index (χ0n) is 10.7. The van der Waals surface area contributed by atoms with Gasteiger partial charge in [0, 0.05) is 11.6 Å². The number of hydrogen-bond donors (Lipinski definition) is 1. The number of hydrogen-bond acceptors (Lipinski definition) is 5. The van der Waals surface area contributed by atoms with Crippen molar-refractivity contribution in [2.45, 2.75) is 0 Å². The molecule has 5 nitrogen and oxygen atoms in total. The van der Waals surface area contributed by atoms with Crippen LogP contribution in [-0.4, -0.2) is 11.0 Å². The number of benzene rings is 1. The highest BCUT2D eigenvalue weighted by molar-refractivity contribution is 7.80. The van der Waals surface area contributed by atoms with Crippen molar-refractivity contribution in [3.63, 3.8) is 0 Å². The van der Waals surface area contributed by atoms with Gasteiger partial charge in [-0.15, -0.1) is 0 Å². The van der Waals surface area contributed by atoms with Crippen LogP contribution in [0.4, 0.5) is 0 Å². The lowest BCUT2D eigenvalue weighted by Crippen LogP contribution is -2.22. The van der Waals surface area contributed by atoms with E-state index < -0.39 is 5.97 Å². The molecule has 6 heteroatoms. The first-order valence-corrected chi connectivity index (χ1v) is 6.25. The van der Waals surface area contributed by atoms with E-state index in [1.807, 2.05) is 6.07 Å². The number of carboxylic acid groups (broad SMARTS) is 1. The summed E-state index contributed by atoms with van der Waals surface area (Å²) < 4.78 is 5.53. The molecule has 21 heavy (non-hydrogen) atoms. The van der Waals surface area contributed by atoms with Gasteiger partial charge in [0.2, 0.25) is 0 Å². The maximum absolute atomic E-state index is 10.8. The van der Waals surface area contributed by atoms with Gasteiger partial charge in [0.25, 0.3) is 0 Å². The number of carbonyl (C=O) groups excluding carboxylic acids is 1. The van der Waals surface area contributed by atoms with Crippen molar-refractivity contribution in [1.82, 2.24) is 0 Å². The van der Waals surface area contributed by atoms with Crippen LogP contribution in [0, 0.1) is 11.3 Å². The zero-order chi connectivity index (χ0) is 15.4. The third-order valence-corrected chi connectivity index (χ3v) is 2.90. The van der Waals surface area contributed by atoms with E-state index in [2.05, 4.69) is 0 Å². The van der Waals surface area contributed by atoms with Crippen LogP contribution in [-0.2, 0) is 0 Å². The van der Waals surface area contributed by atoms with Crippen LogP contribution in [0.5, 0.6) is 0 Å². The van der Waals surface area contributed by atoms with Gasteiger partial charge in [-0.25, -0.2) is 0 Å². The molecule has 0 radical (unpaired) electrons. The summed E-state index contributed by atoms with van der Waals surface area (Å²) in [6.45, 7) is 0. The highest BCUT2D eigenvalue weighted by atomic mass is 32.1. The highest BCUT2D eigenvalue weighted by Gasteiger charge is 2.07. The molecule has 0 aliphatic carbocycles. The molecule has 0 saturated heterocycles. The number of nitrogens with zero attached hydrogens (tertiary/aromatic N) is 1. The number of aromatic carboxylic acids is 1. The van der Waals surface area contributed by atoms with Gasteiger partial charge in [0.15, 0.2) is 0 Å². The molecule has 104 valence electrons. The third kappa shape index (κ3) is 3.35. The first kappa shape index (κ1) is 14.5. The minimum atomic E-state index is -1.26. The summed E-state index contributed by atoms with van der Waals surface area (Å²) in [4.78, 5) is 10.8. The predicted octanol–water partition coefficient (Wildman–Crippen LogP) is 1.50. The quantitative estimate of drug-likeness (QED) is 0.521. The Morgan fingerprint density at radius 3 is 2.76 bits per heavy atom. The van der Waals surface area contributed by atoms with Crippen molar-refractivity contribution in [3.8, 4) is 17.4 Å². The van der Waals surface area contributed by atoms with Crippen LogP contribution in [0.1, 0.15) is 16.1 Å². The van der Waals surface area contributed by atoms with Crippen molar-refractivity contribution in [2.75, 3.05) is 0 Å². The third-order valence-electron chi connectivity index (χ3n) is 2.68. The fourth-order valence-electron chi connectivity index (χ4n) is 1.69. The largest absolute Gasteiger partial charge is 0.545 e. The second-order valence-corrected chi connectivity index (χ2v) is 4.54. The van der Waals surface area contributed by atoms with Crippen LogP contribution in [0.25, 0.3) is 17.4 Å². The Morgan fingerprint density at radius 2 is 2.14 bits per heavy atom. The van der Waals surface area contributed by atoms with E-state index in [1.165, 1.54) is 18.2 Å². The molecule has 0 saturated carbocycles. The molecule has 0 unspecified atom stereocenters. The monoisotopic (exact) mass is 297 g/mol. The maximum Gasteiger partial charge on any atom is 0.134 e. The second-order valence-electron chi connectivity index (χ2n) is 4.10. The van der Waals surface area contributed by atoms with Crippen molar-refractivity contribution >= 4 is 29.3 Å². The van der Waals surface area contributed by atoms with E-state index in [4.69, 9.17) is 27.6 Å². The molecule has 0 spiro atoms. The Morgan fingerprint density at radius 1 is 1.38 bits per heavy atom. The zero-order valence-corrected chi connectivity index (χ0v) is 11.5. The molecule has 0 bridgehead atoms. The van der Waals surface area contributed by atoms with Crippen molar-refractivity contribution in [3.05, 3.63) is 53.3 Å². The van der Waals surface area contributed by atoms with E-state index in [1.54, 1.807) is 24.3 Å². The summed E-state index contributed by atoms with van der Waals surface area (Å²) in [5, 5.41) is 19.7. The molecule has 0 aliphatic rings. The van der Waals surface area contributed by atoms with Crippen LogP contribution in [0.15, 0.2) is 46.4 Å². The number of nitrogens with two attached hydrogens (primary N) is 1. The van der Waals surface area contributed by atoms with Crippen LogP contribution >= 0.6 is 12.2 Å². The van der Waals surface area contributed by atoms with E-state index in [0.717, 1.165) is 0 Å². The molecule has 0 atom stereocenters. The summed E-state index contributed by atoms with van der Waals surface area (Å²) >= 11 is 4.73. The number of furan rings is 1. The average Bonchev–Trinajstić information content (AvgIpc) is 2.93. The van der Waals surface area contributed by atoms with Gasteiger partial charge < -0.3 is 20.1 Å². The van der Waals surface area contributed by atoms with Gasteiger partial charge in [-0.05, 0) is 23.8 Å². The molecule has 2 aromatic rings. The normalized spacial score (nSPS) is 10.9. The average molecular weight is 297 g/mol. The van der Waals surface area contributed by atoms with Crippen LogP contribution in [0.3, 0.4) is 0 Å². The number of thiocarbonyl (C=S) groups is 1. The second kappa shape index (κ2) is 6.03. The van der Waals surface area contributed by atoms with Crippen LogP contribution < -0.4 is 10.8 Å². The van der Waals surface area contributed by atoms with Gasteiger partial charge in [-0.2, -0.15) is 5.26 Å². The van der Waals surface area contributed by atoms with Gasteiger partial charge in [0.05, 0.1) is 11.5 Å². The lowest BCUT2D eigenvalue weighted by Gasteiger charge is -2.03. The summed E-state index contributed by atoms with van der Waals surface area (Å²) in [7, 11) is 0. The topological polar surface area (TPSA) is 103 Å². The van der Waals surface area contributed by atoms with E-state index >= 15 is 0 Å². The predicted molar refractivity (Wildman–Crippen MR) is 78.8 cm³/mol. The summed E-state index contributed by atoms with van der Waals surface area (Å²) in [5.41, 5.74) is 6.17. The fraction of sp³-hybridized carbons (Fsp3) is 0. The molecular formula is C15H9N2O3S-. The van der Waals surface area contributed by atoms with Crippen molar-refractivity contribution in [2.24, 2.45) is 5.73 Å². The van der Waals surface area contributed by atoms with Gasteiger partial charge in [-0.1, -0.05) is 30.4 Å². The SMILES string of the molecule is N#C/C(=C\c1ccc(-c2cccc(C(=O)[O-])c2)o1)C(N)=S. The molecule has 2 N–H and O–H groups in total. The lowest BCUT2D eigenvalue weighted by molar-refractivity contribution is -0.255. The van der Waals surface area contributed by atoms with E-state index in [-0.39, 0.29) is 16.1 Å². The number of carbonyl (C=O) groups is 1. The van der Waals surface area contributed by atoms with Crippen molar-refractivity contribution in [1.29, 1.82) is 5.26 Å². The molecule has 0 fully saturated rings. The number of nitriles is 1. The number of carboxylic acids is 1. The first-order chi connectivity index (χ1) is 10.0. The Kier molecular flexibility index (Phi) is 4.16. The summed E-state index contributed by atoms with van der Waals surface area (Å²) in [5.74, 6) is -0.401. The van der Waals surface area contributed by atoms with E-state index in [9.17, 15) is 9.90 Å².